The number of rotatable bonds is 4. The Morgan fingerprint density at radius 1 is 1.29 bits per heavy atom. The van der Waals surface area contributed by atoms with Gasteiger partial charge < -0.3 is 0 Å². The molecule has 1 amide bonds. The van der Waals surface area contributed by atoms with Crippen molar-refractivity contribution in [1.82, 2.24) is 14.5 Å². The fourth-order valence-electron chi connectivity index (χ4n) is 2.54. The van der Waals surface area contributed by atoms with E-state index in [9.17, 15) is 17.6 Å². The molecule has 2 aromatic rings. The highest BCUT2D eigenvalue weighted by Crippen LogP contribution is 2.20. The van der Waals surface area contributed by atoms with Crippen molar-refractivity contribution in [2.75, 3.05) is 0 Å². The minimum absolute atomic E-state index is 0.125. The molecule has 0 unspecified atom stereocenters. The molecule has 6 nitrogen and oxygen atoms in total. The van der Waals surface area contributed by atoms with E-state index in [1.807, 2.05) is 4.72 Å². The van der Waals surface area contributed by atoms with Gasteiger partial charge in [0.1, 0.15) is 11.5 Å². The maximum Gasteiger partial charge on any atom is 0.264 e. The van der Waals surface area contributed by atoms with Crippen LogP contribution in [0.25, 0.3) is 5.69 Å². The van der Waals surface area contributed by atoms with Crippen LogP contribution in [0.3, 0.4) is 0 Å². The molecule has 0 aliphatic heterocycles. The number of benzene rings is 1. The van der Waals surface area contributed by atoms with Crippen molar-refractivity contribution in [3.63, 3.8) is 0 Å². The fourth-order valence-corrected chi connectivity index (χ4v) is 3.54. The first-order valence-electron chi connectivity index (χ1n) is 7.53. The lowest BCUT2D eigenvalue weighted by Gasteiger charge is -2.13. The van der Waals surface area contributed by atoms with Gasteiger partial charge in [-0.15, -0.1) is 0 Å². The van der Waals surface area contributed by atoms with Crippen LogP contribution in [-0.2, 0) is 14.8 Å². The Morgan fingerprint density at radius 2 is 2.12 bits per heavy atom. The van der Waals surface area contributed by atoms with E-state index < -0.39 is 21.7 Å². The van der Waals surface area contributed by atoms with Crippen LogP contribution in [0.5, 0.6) is 0 Å². The van der Waals surface area contributed by atoms with Gasteiger partial charge in [-0.25, -0.2) is 22.2 Å². The summed E-state index contributed by atoms with van der Waals surface area (Å²) in [7, 11) is -4.13. The lowest BCUT2D eigenvalue weighted by molar-refractivity contribution is -0.116. The van der Waals surface area contributed by atoms with Gasteiger partial charge in [0.05, 0.1) is 4.90 Å². The van der Waals surface area contributed by atoms with E-state index in [4.69, 9.17) is 0 Å². The zero-order chi connectivity index (χ0) is 17.2. The molecule has 8 heteroatoms. The molecule has 0 saturated carbocycles. The average Bonchev–Trinajstić information content (AvgIpc) is 3.09. The maximum absolute atomic E-state index is 14.2. The molecule has 0 bridgehead atoms. The third kappa shape index (κ3) is 3.38. The monoisotopic (exact) mass is 349 g/mol. The summed E-state index contributed by atoms with van der Waals surface area (Å²) < 4.78 is 42.0. The molecular weight excluding hydrogens is 333 g/mol. The largest absolute Gasteiger partial charge is 0.269 e. The predicted octanol–water partition coefficient (Wildman–Crippen LogP) is 2.32. The van der Waals surface area contributed by atoms with Gasteiger partial charge in [-0.1, -0.05) is 6.08 Å². The molecule has 0 radical (unpaired) electrons. The summed E-state index contributed by atoms with van der Waals surface area (Å²) in [5.74, 6) is -1.39. The van der Waals surface area contributed by atoms with E-state index in [0.717, 1.165) is 25.3 Å². The molecule has 1 N–H and O–H groups in total. The summed E-state index contributed by atoms with van der Waals surface area (Å²) in [6.07, 6.45) is 7.93. The van der Waals surface area contributed by atoms with Gasteiger partial charge in [-0.2, -0.15) is 5.10 Å². The van der Waals surface area contributed by atoms with E-state index >= 15 is 0 Å². The van der Waals surface area contributed by atoms with Crippen LogP contribution in [0.1, 0.15) is 25.7 Å². The normalized spacial score (nSPS) is 15.0. The Hall–Kier alpha value is -2.48. The molecule has 0 atom stereocenters. The molecule has 0 fully saturated rings. The lowest BCUT2D eigenvalue weighted by atomic mass is 9.99. The Morgan fingerprint density at radius 3 is 2.75 bits per heavy atom. The van der Waals surface area contributed by atoms with E-state index in [2.05, 4.69) is 5.10 Å². The molecule has 1 aliphatic rings. The molecular formula is C16H16FN3O3S. The van der Waals surface area contributed by atoms with E-state index in [1.54, 1.807) is 18.3 Å². The van der Waals surface area contributed by atoms with Crippen molar-refractivity contribution in [1.29, 1.82) is 0 Å². The molecule has 1 aliphatic carbocycles. The number of sulfonamides is 1. The summed E-state index contributed by atoms with van der Waals surface area (Å²) in [5.41, 5.74) is 0.582. The number of aromatic nitrogens is 2. The number of allylic oxidation sites excluding steroid dienone is 1. The fraction of sp³-hybridized carbons (Fsp3) is 0.250. The van der Waals surface area contributed by atoms with Gasteiger partial charge in [0, 0.05) is 18.0 Å². The second kappa shape index (κ2) is 6.56. The standard InChI is InChI=1S/C16H16FN3O3S/c17-14-11-13(7-8-15(14)20-10-4-9-18-20)24(22,23)19-16(21)12-5-2-1-3-6-12/h4-5,7-11H,1-3,6H2,(H,19,21). The zero-order valence-corrected chi connectivity index (χ0v) is 13.6. The molecule has 1 heterocycles. The first-order chi connectivity index (χ1) is 11.5. The van der Waals surface area contributed by atoms with Gasteiger partial charge in [-0.05, 0) is 49.9 Å². The predicted molar refractivity (Wildman–Crippen MR) is 85.4 cm³/mol. The average molecular weight is 349 g/mol. The van der Waals surface area contributed by atoms with Gasteiger partial charge in [0.15, 0.2) is 0 Å². The van der Waals surface area contributed by atoms with Crippen LogP contribution in [0, 0.1) is 5.82 Å². The first-order valence-corrected chi connectivity index (χ1v) is 9.01. The molecule has 126 valence electrons. The van der Waals surface area contributed by atoms with Crippen LogP contribution in [0.2, 0.25) is 0 Å². The molecule has 24 heavy (non-hydrogen) atoms. The number of carbonyl (C=O) groups excluding carboxylic acids is 1. The molecule has 1 aromatic carbocycles. The van der Waals surface area contributed by atoms with Crippen LogP contribution < -0.4 is 4.72 Å². The number of carbonyl (C=O) groups is 1. The number of nitrogens with one attached hydrogen (secondary N) is 1. The van der Waals surface area contributed by atoms with Crippen LogP contribution in [0.4, 0.5) is 4.39 Å². The number of nitrogens with zero attached hydrogens (tertiary/aromatic N) is 2. The maximum atomic E-state index is 14.2. The van der Waals surface area contributed by atoms with Crippen molar-refractivity contribution in [3.05, 3.63) is 54.1 Å². The molecule has 3 rings (SSSR count). The van der Waals surface area contributed by atoms with E-state index in [0.29, 0.717) is 12.0 Å². The minimum atomic E-state index is -4.13. The summed E-state index contributed by atoms with van der Waals surface area (Å²) in [6, 6.07) is 5.05. The van der Waals surface area contributed by atoms with E-state index in [-0.39, 0.29) is 10.6 Å². The first kappa shape index (κ1) is 16.4. The second-order valence-corrected chi connectivity index (χ2v) is 7.16. The Balaban J connectivity index is 1.83. The van der Waals surface area contributed by atoms with Gasteiger partial charge in [0.2, 0.25) is 0 Å². The summed E-state index contributed by atoms with van der Waals surface area (Å²) in [5, 5.41) is 3.90. The van der Waals surface area contributed by atoms with Gasteiger partial charge >= 0.3 is 0 Å². The number of hydrogen-bond donors (Lipinski definition) is 1. The van der Waals surface area contributed by atoms with Crippen molar-refractivity contribution in [2.24, 2.45) is 0 Å². The number of hydrogen-bond acceptors (Lipinski definition) is 4. The Bertz CT molecular complexity index is 889. The number of halogens is 1. The summed E-state index contributed by atoms with van der Waals surface area (Å²) in [4.78, 5) is 11.8. The SMILES string of the molecule is O=C(NS(=O)(=O)c1ccc(-n2cccn2)c(F)c1)C1=CCCCC1. The highest BCUT2D eigenvalue weighted by molar-refractivity contribution is 7.90. The zero-order valence-electron chi connectivity index (χ0n) is 12.8. The molecule has 0 saturated heterocycles. The van der Waals surface area contributed by atoms with E-state index in [1.165, 1.54) is 23.0 Å². The summed E-state index contributed by atoms with van der Waals surface area (Å²) in [6.45, 7) is 0. The van der Waals surface area contributed by atoms with Crippen molar-refractivity contribution < 1.29 is 17.6 Å². The quantitative estimate of drug-likeness (QED) is 0.918. The second-order valence-electron chi connectivity index (χ2n) is 5.47. The van der Waals surface area contributed by atoms with Gasteiger partial charge in [-0.3, -0.25) is 4.79 Å². The highest BCUT2D eigenvalue weighted by Gasteiger charge is 2.22. The summed E-state index contributed by atoms with van der Waals surface area (Å²) >= 11 is 0. The lowest BCUT2D eigenvalue weighted by Crippen LogP contribution is -2.32. The Kier molecular flexibility index (Phi) is 4.48. The third-order valence-corrected chi connectivity index (χ3v) is 5.12. The van der Waals surface area contributed by atoms with Gasteiger partial charge in [0.25, 0.3) is 15.9 Å². The van der Waals surface area contributed by atoms with Crippen molar-refractivity contribution in [3.8, 4) is 5.69 Å². The molecule has 1 aromatic heterocycles. The topological polar surface area (TPSA) is 81.1 Å². The van der Waals surface area contributed by atoms with Crippen LogP contribution in [-0.4, -0.2) is 24.1 Å². The highest BCUT2D eigenvalue weighted by atomic mass is 32.2. The minimum Gasteiger partial charge on any atom is -0.269 e. The van der Waals surface area contributed by atoms with Crippen LogP contribution in [0.15, 0.2) is 53.2 Å². The smallest absolute Gasteiger partial charge is 0.264 e. The molecule has 0 spiro atoms. The van der Waals surface area contributed by atoms with Crippen LogP contribution >= 0.6 is 0 Å². The Labute approximate surface area is 139 Å². The van der Waals surface area contributed by atoms with Crippen molar-refractivity contribution >= 4 is 15.9 Å². The number of amides is 1. The third-order valence-electron chi connectivity index (χ3n) is 3.79. The van der Waals surface area contributed by atoms with Crippen molar-refractivity contribution in [2.45, 2.75) is 30.6 Å².